The number of halogens is 1. The van der Waals surface area contributed by atoms with Crippen LogP contribution >= 0.6 is 11.6 Å². The Morgan fingerprint density at radius 1 is 1.41 bits per heavy atom. The van der Waals surface area contributed by atoms with Crippen LogP contribution in [0.5, 0.6) is 0 Å². The molecule has 2 aromatic rings. The summed E-state index contributed by atoms with van der Waals surface area (Å²) in [6.07, 6.45) is 3.29. The molecule has 1 aliphatic heterocycles. The zero-order chi connectivity index (χ0) is 15.7. The van der Waals surface area contributed by atoms with Gasteiger partial charge < -0.3 is 15.3 Å². The van der Waals surface area contributed by atoms with Crippen LogP contribution in [0.1, 0.15) is 23.2 Å². The second-order valence-electron chi connectivity index (χ2n) is 5.58. The molecule has 22 heavy (non-hydrogen) atoms. The molecule has 0 bridgehead atoms. The van der Waals surface area contributed by atoms with Crippen LogP contribution in [-0.4, -0.2) is 52.1 Å². The molecular formula is C15H17ClN4O2. The van der Waals surface area contributed by atoms with Crippen LogP contribution in [0.15, 0.2) is 18.3 Å². The number of aromatic nitrogens is 2. The zero-order valence-electron chi connectivity index (χ0n) is 12.2. The van der Waals surface area contributed by atoms with E-state index in [9.17, 15) is 9.90 Å². The molecule has 0 amide bonds. The number of nitrogens with one attached hydrogen (secondary N) is 1. The minimum Gasteiger partial charge on any atom is -0.478 e. The van der Waals surface area contributed by atoms with Crippen molar-refractivity contribution in [3.05, 3.63) is 29.0 Å². The molecule has 7 heteroatoms. The normalized spacial score (nSPS) is 16.8. The van der Waals surface area contributed by atoms with Crippen molar-refractivity contribution in [1.82, 2.24) is 14.9 Å². The molecule has 0 aliphatic carbocycles. The Bertz CT molecular complexity index is 714. The third-order valence-corrected chi connectivity index (χ3v) is 4.19. The van der Waals surface area contributed by atoms with E-state index < -0.39 is 5.97 Å². The van der Waals surface area contributed by atoms with Crippen molar-refractivity contribution in [2.24, 2.45) is 0 Å². The van der Waals surface area contributed by atoms with Crippen LogP contribution in [0.4, 0.5) is 5.69 Å². The fourth-order valence-corrected chi connectivity index (χ4v) is 2.86. The molecule has 3 rings (SSSR count). The average Bonchev–Trinajstić information content (AvgIpc) is 2.49. The van der Waals surface area contributed by atoms with E-state index in [1.165, 1.54) is 6.20 Å². The first kappa shape index (κ1) is 15.0. The highest BCUT2D eigenvalue weighted by Crippen LogP contribution is 2.28. The van der Waals surface area contributed by atoms with Crippen LogP contribution in [0.25, 0.3) is 11.0 Å². The highest BCUT2D eigenvalue weighted by atomic mass is 35.5. The molecular weight excluding hydrogens is 304 g/mol. The van der Waals surface area contributed by atoms with E-state index in [0.29, 0.717) is 21.9 Å². The third kappa shape index (κ3) is 2.98. The summed E-state index contributed by atoms with van der Waals surface area (Å²) in [5.41, 5.74) is 1.77. The van der Waals surface area contributed by atoms with E-state index in [2.05, 4.69) is 27.2 Å². The van der Waals surface area contributed by atoms with E-state index in [1.54, 1.807) is 12.1 Å². The molecule has 0 radical (unpaired) electrons. The van der Waals surface area contributed by atoms with Crippen molar-refractivity contribution in [2.45, 2.75) is 18.9 Å². The number of carbonyl (C=O) groups is 1. The van der Waals surface area contributed by atoms with Gasteiger partial charge in [-0.05, 0) is 45.1 Å². The molecule has 2 N–H and O–H groups in total. The van der Waals surface area contributed by atoms with Crippen LogP contribution in [0, 0.1) is 0 Å². The average molecular weight is 321 g/mol. The lowest BCUT2D eigenvalue weighted by Crippen LogP contribution is -2.37. The molecule has 0 aromatic carbocycles. The van der Waals surface area contributed by atoms with Crippen molar-refractivity contribution in [2.75, 3.05) is 25.5 Å². The molecule has 2 aromatic heterocycles. The number of fused-ring (bicyclic) bond motifs is 1. The molecule has 3 heterocycles. The number of aromatic carboxylic acids is 1. The summed E-state index contributed by atoms with van der Waals surface area (Å²) in [6.45, 7) is 1.97. The van der Waals surface area contributed by atoms with Crippen LogP contribution in [0.3, 0.4) is 0 Å². The largest absolute Gasteiger partial charge is 0.478 e. The number of nitrogens with zero attached hydrogens (tertiary/aromatic N) is 3. The fourth-order valence-electron chi connectivity index (χ4n) is 2.71. The summed E-state index contributed by atoms with van der Waals surface area (Å²) < 4.78 is 0. The second kappa shape index (κ2) is 6.06. The quantitative estimate of drug-likeness (QED) is 0.846. The van der Waals surface area contributed by atoms with Gasteiger partial charge in [-0.25, -0.2) is 9.78 Å². The number of hydrogen-bond donors (Lipinski definition) is 2. The molecule has 116 valence electrons. The van der Waals surface area contributed by atoms with Gasteiger partial charge in [0.25, 0.3) is 0 Å². The summed E-state index contributed by atoms with van der Waals surface area (Å²) in [4.78, 5) is 22.2. The number of hydrogen-bond acceptors (Lipinski definition) is 5. The topological polar surface area (TPSA) is 78.4 Å². The molecule has 0 unspecified atom stereocenters. The smallest absolute Gasteiger partial charge is 0.339 e. The summed E-state index contributed by atoms with van der Waals surface area (Å²) in [6, 6.07) is 3.62. The van der Waals surface area contributed by atoms with Gasteiger partial charge in [-0.2, -0.15) is 0 Å². The standard InChI is InChI=1S/C15H17ClN4O2/c1-20-6-4-9(5-7-20)18-13-10(15(21)22)8-17-11-2-3-12(16)19-14(11)13/h2-3,8-9H,4-7H2,1H3,(H,17,18)(H,21,22). The lowest BCUT2D eigenvalue weighted by atomic mass is 10.0. The van der Waals surface area contributed by atoms with Crippen LogP contribution in [0.2, 0.25) is 5.15 Å². The third-order valence-electron chi connectivity index (χ3n) is 3.98. The van der Waals surface area contributed by atoms with Gasteiger partial charge in [0.1, 0.15) is 16.2 Å². The molecule has 0 atom stereocenters. The maximum Gasteiger partial charge on any atom is 0.339 e. The first-order chi connectivity index (χ1) is 10.5. The van der Waals surface area contributed by atoms with E-state index in [4.69, 9.17) is 11.6 Å². The number of pyridine rings is 2. The maximum atomic E-state index is 11.5. The van der Waals surface area contributed by atoms with Gasteiger partial charge >= 0.3 is 5.97 Å². The number of carboxylic acid groups (broad SMARTS) is 1. The van der Waals surface area contributed by atoms with Gasteiger partial charge in [0.15, 0.2) is 0 Å². The maximum absolute atomic E-state index is 11.5. The van der Waals surface area contributed by atoms with Gasteiger partial charge in [-0.1, -0.05) is 11.6 Å². The lowest BCUT2D eigenvalue weighted by molar-refractivity contribution is 0.0697. The fraction of sp³-hybridized carbons (Fsp3) is 0.400. The molecule has 0 spiro atoms. The summed E-state index contributed by atoms with van der Waals surface area (Å²) >= 11 is 5.96. The first-order valence-corrected chi connectivity index (χ1v) is 7.56. The Morgan fingerprint density at radius 3 is 2.82 bits per heavy atom. The van der Waals surface area contributed by atoms with Gasteiger partial charge in [0.05, 0.1) is 11.2 Å². The molecule has 6 nitrogen and oxygen atoms in total. The highest BCUT2D eigenvalue weighted by molar-refractivity contribution is 6.29. The minimum atomic E-state index is -1.02. The van der Waals surface area contributed by atoms with Crippen molar-refractivity contribution < 1.29 is 9.90 Å². The van der Waals surface area contributed by atoms with E-state index >= 15 is 0 Å². The van der Waals surface area contributed by atoms with Crippen LogP contribution in [-0.2, 0) is 0 Å². The number of likely N-dealkylation sites (tertiary alicyclic amines) is 1. The predicted octanol–water partition coefficient (Wildman–Crippen LogP) is 2.49. The Hall–Kier alpha value is -1.92. The SMILES string of the molecule is CN1CCC(Nc2c(C(=O)O)cnc3ccc(Cl)nc23)CC1. The van der Waals surface area contributed by atoms with Gasteiger partial charge in [0, 0.05) is 12.2 Å². The van der Waals surface area contributed by atoms with E-state index in [0.717, 1.165) is 25.9 Å². The van der Waals surface area contributed by atoms with Gasteiger partial charge in [-0.15, -0.1) is 0 Å². The van der Waals surface area contributed by atoms with Crippen molar-refractivity contribution in [3.8, 4) is 0 Å². The predicted molar refractivity (Wildman–Crippen MR) is 85.6 cm³/mol. The summed E-state index contributed by atoms with van der Waals surface area (Å²) in [7, 11) is 2.09. The molecule has 0 saturated carbocycles. The monoisotopic (exact) mass is 320 g/mol. The number of rotatable bonds is 3. The van der Waals surface area contributed by atoms with Crippen LogP contribution < -0.4 is 5.32 Å². The van der Waals surface area contributed by atoms with E-state index in [1.807, 2.05) is 0 Å². The Balaban J connectivity index is 2.02. The molecule has 1 fully saturated rings. The number of piperidine rings is 1. The van der Waals surface area contributed by atoms with Crippen molar-refractivity contribution in [1.29, 1.82) is 0 Å². The Kier molecular flexibility index (Phi) is 4.13. The van der Waals surface area contributed by atoms with Gasteiger partial charge in [0.2, 0.25) is 0 Å². The van der Waals surface area contributed by atoms with Crippen molar-refractivity contribution in [3.63, 3.8) is 0 Å². The lowest BCUT2D eigenvalue weighted by Gasteiger charge is -2.30. The minimum absolute atomic E-state index is 0.126. The first-order valence-electron chi connectivity index (χ1n) is 7.18. The number of anilines is 1. The Labute approximate surface area is 133 Å². The van der Waals surface area contributed by atoms with E-state index in [-0.39, 0.29) is 11.6 Å². The highest BCUT2D eigenvalue weighted by Gasteiger charge is 2.22. The molecule has 1 aliphatic rings. The summed E-state index contributed by atoms with van der Waals surface area (Å²) in [5, 5.41) is 13.1. The molecule has 1 saturated heterocycles. The number of carboxylic acids is 1. The van der Waals surface area contributed by atoms with Crippen molar-refractivity contribution >= 4 is 34.3 Å². The van der Waals surface area contributed by atoms with Gasteiger partial charge in [-0.3, -0.25) is 4.98 Å². The summed E-state index contributed by atoms with van der Waals surface area (Å²) in [5.74, 6) is -1.02. The zero-order valence-corrected chi connectivity index (χ0v) is 13.0. The second-order valence-corrected chi connectivity index (χ2v) is 5.96. The Morgan fingerprint density at radius 2 is 2.14 bits per heavy atom.